The van der Waals surface area contributed by atoms with Crippen molar-refractivity contribution < 1.29 is 9.53 Å². The summed E-state index contributed by atoms with van der Waals surface area (Å²) in [5.74, 6) is 0.366. The average molecular weight is 224 g/mol. The maximum atomic E-state index is 11.9. The van der Waals surface area contributed by atoms with Gasteiger partial charge in [0.05, 0.1) is 5.92 Å². The van der Waals surface area contributed by atoms with Gasteiger partial charge in [-0.25, -0.2) is 0 Å². The van der Waals surface area contributed by atoms with Crippen LogP contribution in [0.3, 0.4) is 0 Å². The molecule has 1 aliphatic heterocycles. The van der Waals surface area contributed by atoms with Gasteiger partial charge in [0.1, 0.15) is 5.75 Å². The van der Waals surface area contributed by atoms with Gasteiger partial charge in [0.15, 0.2) is 0 Å². The molecule has 0 N–H and O–H groups in total. The second-order valence-corrected chi connectivity index (χ2v) is 4.20. The molecule has 2 heteroatoms. The SMILES string of the molecule is O=C1Oc2ccccc2C[C@H]1c1ccccc1. The van der Waals surface area contributed by atoms with Crippen LogP contribution in [0, 0.1) is 0 Å². The molecular formula is C15H12O2. The molecule has 2 nitrogen and oxygen atoms in total. The summed E-state index contributed by atoms with van der Waals surface area (Å²) in [4.78, 5) is 11.9. The quantitative estimate of drug-likeness (QED) is 0.550. The van der Waals surface area contributed by atoms with E-state index in [2.05, 4.69) is 0 Å². The van der Waals surface area contributed by atoms with Gasteiger partial charge in [-0.3, -0.25) is 4.79 Å². The van der Waals surface area contributed by atoms with Crippen LogP contribution in [-0.4, -0.2) is 5.97 Å². The highest BCUT2D eigenvalue weighted by Gasteiger charge is 2.29. The van der Waals surface area contributed by atoms with Crippen molar-refractivity contribution in [2.24, 2.45) is 0 Å². The Morgan fingerprint density at radius 2 is 1.65 bits per heavy atom. The zero-order valence-corrected chi connectivity index (χ0v) is 9.30. The summed E-state index contributed by atoms with van der Waals surface area (Å²) >= 11 is 0. The lowest BCUT2D eigenvalue weighted by Crippen LogP contribution is -2.25. The van der Waals surface area contributed by atoms with Crippen LogP contribution in [0.5, 0.6) is 5.75 Å². The van der Waals surface area contributed by atoms with E-state index in [0.29, 0.717) is 5.75 Å². The van der Waals surface area contributed by atoms with Gasteiger partial charge in [-0.2, -0.15) is 0 Å². The predicted molar refractivity (Wildman–Crippen MR) is 65.0 cm³/mol. The summed E-state index contributed by atoms with van der Waals surface area (Å²) in [6.45, 7) is 0. The van der Waals surface area contributed by atoms with Gasteiger partial charge in [0.25, 0.3) is 0 Å². The second-order valence-electron chi connectivity index (χ2n) is 4.20. The number of carbonyl (C=O) groups excluding carboxylic acids is 1. The van der Waals surface area contributed by atoms with E-state index in [-0.39, 0.29) is 11.9 Å². The lowest BCUT2D eigenvalue weighted by Gasteiger charge is -2.23. The number of ether oxygens (including phenoxy) is 1. The summed E-state index contributed by atoms with van der Waals surface area (Å²) in [5.41, 5.74) is 2.12. The van der Waals surface area contributed by atoms with Gasteiger partial charge in [-0.15, -0.1) is 0 Å². The van der Waals surface area contributed by atoms with E-state index in [1.807, 2.05) is 54.6 Å². The average Bonchev–Trinajstić information content (AvgIpc) is 2.39. The highest BCUT2D eigenvalue weighted by Crippen LogP contribution is 2.32. The van der Waals surface area contributed by atoms with Gasteiger partial charge in [-0.1, -0.05) is 48.5 Å². The number of benzene rings is 2. The third-order valence-electron chi connectivity index (χ3n) is 3.09. The van der Waals surface area contributed by atoms with E-state index in [1.54, 1.807) is 0 Å². The molecule has 0 bridgehead atoms. The number of hydrogen-bond acceptors (Lipinski definition) is 2. The van der Waals surface area contributed by atoms with Crippen LogP contribution in [0.1, 0.15) is 17.0 Å². The minimum atomic E-state index is -0.175. The molecule has 0 radical (unpaired) electrons. The first kappa shape index (κ1) is 10.1. The van der Waals surface area contributed by atoms with Crippen molar-refractivity contribution in [3.05, 3.63) is 65.7 Å². The fraction of sp³-hybridized carbons (Fsp3) is 0.133. The van der Waals surface area contributed by atoms with Crippen LogP contribution in [0.2, 0.25) is 0 Å². The first-order chi connectivity index (χ1) is 8.34. The first-order valence-corrected chi connectivity index (χ1v) is 5.69. The van der Waals surface area contributed by atoms with E-state index >= 15 is 0 Å². The zero-order chi connectivity index (χ0) is 11.7. The second kappa shape index (κ2) is 4.06. The van der Waals surface area contributed by atoms with Gasteiger partial charge >= 0.3 is 5.97 Å². The van der Waals surface area contributed by atoms with E-state index in [1.165, 1.54) is 0 Å². The Hall–Kier alpha value is -2.09. The van der Waals surface area contributed by atoms with Crippen molar-refractivity contribution in [1.82, 2.24) is 0 Å². The minimum absolute atomic E-state index is 0.157. The number of fused-ring (bicyclic) bond motifs is 1. The molecule has 0 spiro atoms. The third kappa shape index (κ3) is 1.82. The van der Waals surface area contributed by atoms with Crippen LogP contribution in [0.15, 0.2) is 54.6 Å². The molecule has 1 atom stereocenters. The van der Waals surface area contributed by atoms with Crippen LogP contribution < -0.4 is 4.74 Å². The van der Waals surface area contributed by atoms with Crippen molar-refractivity contribution in [2.75, 3.05) is 0 Å². The van der Waals surface area contributed by atoms with Crippen LogP contribution in [0.25, 0.3) is 0 Å². The Balaban J connectivity index is 1.98. The Morgan fingerprint density at radius 3 is 2.47 bits per heavy atom. The van der Waals surface area contributed by atoms with Crippen molar-refractivity contribution in [1.29, 1.82) is 0 Å². The molecular weight excluding hydrogens is 212 g/mol. The van der Waals surface area contributed by atoms with Crippen LogP contribution >= 0.6 is 0 Å². The largest absolute Gasteiger partial charge is 0.426 e. The summed E-state index contributed by atoms with van der Waals surface area (Å²) in [6.07, 6.45) is 0.721. The van der Waals surface area contributed by atoms with E-state index in [4.69, 9.17) is 4.74 Å². The number of hydrogen-bond donors (Lipinski definition) is 0. The molecule has 0 amide bonds. The number of para-hydroxylation sites is 1. The molecule has 0 saturated heterocycles. The van der Waals surface area contributed by atoms with Crippen molar-refractivity contribution >= 4 is 5.97 Å². The summed E-state index contributed by atoms with van der Waals surface area (Å²) in [6, 6.07) is 17.5. The Kier molecular flexibility index (Phi) is 2.41. The number of esters is 1. The maximum absolute atomic E-state index is 11.9. The molecule has 1 heterocycles. The lowest BCUT2D eigenvalue weighted by molar-refractivity contribution is -0.137. The van der Waals surface area contributed by atoms with Gasteiger partial charge in [-0.05, 0) is 23.6 Å². The van der Waals surface area contributed by atoms with Crippen molar-refractivity contribution in [3.63, 3.8) is 0 Å². The third-order valence-corrected chi connectivity index (χ3v) is 3.09. The summed E-state index contributed by atoms with van der Waals surface area (Å²) in [5, 5.41) is 0. The molecule has 3 rings (SSSR count). The van der Waals surface area contributed by atoms with E-state index < -0.39 is 0 Å². The minimum Gasteiger partial charge on any atom is -0.426 e. The topological polar surface area (TPSA) is 26.3 Å². The smallest absolute Gasteiger partial charge is 0.319 e. The Morgan fingerprint density at radius 1 is 0.941 bits per heavy atom. The molecule has 17 heavy (non-hydrogen) atoms. The van der Waals surface area contributed by atoms with Gasteiger partial charge in [0.2, 0.25) is 0 Å². The summed E-state index contributed by atoms with van der Waals surface area (Å²) in [7, 11) is 0. The maximum Gasteiger partial charge on any atom is 0.319 e. The predicted octanol–water partition coefficient (Wildman–Crippen LogP) is 2.93. The Labute approximate surface area is 99.9 Å². The van der Waals surface area contributed by atoms with Crippen LogP contribution in [0.4, 0.5) is 0 Å². The highest BCUT2D eigenvalue weighted by atomic mass is 16.5. The monoisotopic (exact) mass is 224 g/mol. The molecule has 2 aromatic rings. The highest BCUT2D eigenvalue weighted by molar-refractivity contribution is 5.83. The van der Waals surface area contributed by atoms with Crippen LogP contribution in [-0.2, 0) is 11.2 Å². The van der Waals surface area contributed by atoms with E-state index in [9.17, 15) is 4.79 Å². The fourth-order valence-corrected chi connectivity index (χ4v) is 2.19. The van der Waals surface area contributed by atoms with Crippen molar-refractivity contribution in [2.45, 2.75) is 12.3 Å². The molecule has 0 saturated carbocycles. The van der Waals surface area contributed by atoms with Gasteiger partial charge < -0.3 is 4.74 Å². The molecule has 84 valence electrons. The zero-order valence-electron chi connectivity index (χ0n) is 9.30. The Bertz CT molecular complexity index is 546. The lowest BCUT2D eigenvalue weighted by atomic mass is 9.90. The molecule has 2 aromatic carbocycles. The van der Waals surface area contributed by atoms with Gasteiger partial charge in [0, 0.05) is 0 Å². The van der Waals surface area contributed by atoms with E-state index in [0.717, 1.165) is 17.5 Å². The standard InChI is InChI=1S/C15H12O2/c16-15-13(11-6-2-1-3-7-11)10-12-8-4-5-9-14(12)17-15/h1-9,13H,10H2/t13-/m0/s1. The normalized spacial score (nSPS) is 18.4. The number of rotatable bonds is 1. The molecule has 0 aliphatic carbocycles. The van der Waals surface area contributed by atoms with Crippen molar-refractivity contribution in [3.8, 4) is 5.75 Å². The fourth-order valence-electron chi connectivity index (χ4n) is 2.19. The molecule has 0 fully saturated rings. The summed E-state index contributed by atoms with van der Waals surface area (Å²) < 4.78 is 5.36. The molecule has 0 unspecified atom stereocenters. The first-order valence-electron chi connectivity index (χ1n) is 5.69. The number of carbonyl (C=O) groups is 1. The molecule has 0 aromatic heterocycles. The molecule has 1 aliphatic rings.